The first-order chi connectivity index (χ1) is 9.22. The van der Waals surface area contributed by atoms with Crippen LogP contribution in [0, 0.1) is 5.92 Å². The highest BCUT2D eigenvalue weighted by molar-refractivity contribution is 5.89. The maximum atomic E-state index is 12.1. The Kier molecular flexibility index (Phi) is 4.80. The molecule has 4 heteroatoms. The molecule has 1 saturated heterocycles. The molecule has 0 saturated carbocycles. The lowest BCUT2D eigenvalue weighted by atomic mass is 10.0. The zero-order valence-corrected chi connectivity index (χ0v) is 11.6. The van der Waals surface area contributed by atoms with Gasteiger partial charge >= 0.3 is 6.03 Å². The van der Waals surface area contributed by atoms with Crippen LogP contribution < -0.4 is 11.1 Å². The Hall–Kier alpha value is -1.55. The van der Waals surface area contributed by atoms with E-state index in [1.807, 2.05) is 29.2 Å². The molecule has 1 aliphatic heterocycles. The van der Waals surface area contributed by atoms with E-state index in [2.05, 4.69) is 12.2 Å². The third-order valence-electron chi connectivity index (χ3n) is 3.71. The van der Waals surface area contributed by atoms with Gasteiger partial charge in [-0.2, -0.15) is 0 Å². The van der Waals surface area contributed by atoms with E-state index < -0.39 is 0 Å². The molecule has 1 fully saturated rings. The quantitative estimate of drug-likeness (QED) is 0.875. The topological polar surface area (TPSA) is 58.4 Å². The van der Waals surface area contributed by atoms with Crippen molar-refractivity contribution < 1.29 is 4.79 Å². The van der Waals surface area contributed by atoms with Crippen LogP contribution in [0.15, 0.2) is 24.3 Å². The van der Waals surface area contributed by atoms with Crippen LogP contribution >= 0.6 is 0 Å². The molecule has 1 aliphatic rings. The van der Waals surface area contributed by atoms with Crippen molar-refractivity contribution in [1.29, 1.82) is 0 Å². The standard InChI is InChI=1S/C15H23N3O/c1-2-3-13-8-9-18(11-13)15(19)17-14-6-4-12(10-16)5-7-14/h4-7,13H,2-3,8-11,16H2,1H3,(H,17,19). The van der Waals surface area contributed by atoms with Crippen molar-refractivity contribution in [2.45, 2.75) is 32.7 Å². The molecule has 1 atom stereocenters. The van der Waals surface area contributed by atoms with Crippen molar-refractivity contribution in [1.82, 2.24) is 4.90 Å². The summed E-state index contributed by atoms with van der Waals surface area (Å²) in [5.41, 5.74) is 7.45. The normalized spacial score (nSPS) is 18.6. The molecule has 2 rings (SSSR count). The predicted molar refractivity (Wildman–Crippen MR) is 77.9 cm³/mol. The molecular weight excluding hydrogens is 238 g/mol. The van der Waals surface area contributed by atoms with Gasteiger partial charge in [0.15, 0.2) is 0 Å². The maximum Gasteiger partial charge on any atom is 0.321 e. The minimum absolute atomic E-state index is 0.0131. The van der Waals surface area contributed by atoms with Crippen molar-refractivity contribution in [3.63, 3.8) is 0 Å². The lowest BCUT2D eigenvalue weighted by Gasteiger charge is -2.17. The Labute approximate surface area is 115 Å². The number of benzene rings is 1. The molecular formula is C15H23N3O. The fraction of sp³-hybridized carbons (Fsp3) is 0.533. The number of amides is 2. The number of nitrogens with one attached hydrogen (secondary N) is 1. The summed E-state index contributed by atoms with van der Waals surface area (Å²) >= 11 is 0. The first-order valence-electron chi connectivity index (χ1n) is 7.08. The van der Waals surface area contributed by atoms with E-state index in [9.17, 15) is 4.79 Å². The second kappa shape index (κ2) is 6.57. The Morgan fingerprint density at radius 2 is 2.16 bits per heavy atom. The number of urea groups is 1. The van der Waals surface area contributed by atoms with Gasteiger partial charge in [-0.05, 0) is 36.5 Å². The van der Waals surface area contributed by atoms with E-state index in [0.29, 0.717) is 12.5 Å². The van der Waals surface area contributed by atoms with E-state index in [-0.39, 0.29) is 6.03 Å². The van der Waals surface area contributed by atoms with Crippen LogP contribution in [0.4, 0.5) is 10.5 Å². The highest BCUT2D eigenvalue weighted by atomic mass is 16.2. The lowest BCUT2D eigenvalue weighted by molar-refractivity contribution is 0.220. The smallest absolute Gasteiger partial charge is 0.321 e. The Bertz CT molecular complexity index is 416. The summed E-state index contributed by atoms with van der Waals surface area (Å²) in [4.78, 5) is 14.0. The van der Waals surface area contributed by atoms with Gasteiger partial charge in [0.05, 0.1) is 0 Å². The first kappa shape index (κ1) is 13.9. The van der Waals surface area contributed by atoms with Crippen molar-refractivity contribution >= 4 is 11.7 Å². The highest BCUT2D eigenvalue weighted by Gasteiger charge is 2.25. The molecule has 2 amide bonds. The van der Waals surface area contributed by atoms with E-state index in [0.717, 1.165) is 30.8 Å². The van der Waals surface area contributed by atoms with Gasteiger partial charge in [0.1, 0.15) is 0 Å². The van der Waals surface area contributed by atoms with Gasteiger partial charge in [0.25, 0.3) is 0 Å². The third kappa shape index (κ3) is 3.70. The van der Waals surface area contributed by atoms with Gasteiger partial charge in [-0.3, -0.25) is 0 Å². The molecule has 0 aliphatic carbocycles. The molecule has 0 spiro atoms. The third-order valence-corrected chi connectivity index (χ3v) is 3.71. The monoisotopic (exact) mass is 261 g/mol. The second-order valence-electron chi connectivity index (χ2n) is 5.22. The zero-order valence-electron chi connectivity index (χ0n) is 11.6. The van der Waals surface area contributed by atoms with Crippen LogP contribution in [0.2, 0.25) is 0 Å². The van der Waals surface area contributed by atoms with E-state index in [4.69, 9.17) is 5.73 Å². The van der Waals surface area contributed by atoms with Crippen LogP contribution in [0.5, 0.6) is 0 Å². The molecule has 0 aromatic heterocycles. The van der Waals surface area contributed by atoms with Crippen LogP contribution in [0.25, 0.3) is 0 Å². The Balaban J connectivity index is 1.87. The van der Waals surface area contributed by atoms with E-state index in [1.54, 1.807) is 0 Å². The summed E-state index contributed by atoms with van der Waals surface area (Å²) < 4.78 is 0. The summed E-state index contributed by atoms with van der Waals surface area (Å²) in [6.45, 7) is 4.48. The predicted octanol–water partition coefficient (Wildman–Crippen LogP) is 2.80. The molecule has 0 bridgehead atoms. The van der Waals surface area contributed by atoms with Gasteiger partial charge < -0.3 is 16.0 Å². The molecule has 104 valence electrons. The molecule has 1 aromatic carbocycles. The molecule has 1 heterocycles. The average Bonchev–Trinajstić information content (AvgIpc) is 2.89. The maximum absolute atomic E-state index is 12.1. The van der Waals surface area contributed by atoms with Crippen LogP contribution in [0.1, 0.15) is 31.7 Å². The summed E-state index contributed by atoms with van der Waals surface area (Å²) in [5, 5.41) is 2.94. The van der Waals surface area contributed by atoms with Gasteiger partial charge in [0, 0.05) is 25.3 Å². The number of nitrogens with zero attached hydrogens (tertiary/aromatic N) is 1. The van der Waals surface area contributed by atoms with Crippen molar-refractivity contribution in [3.8, 4) is 0 Å². The van der Waals surface area contributed by atoms with Gasteiger partial charge in [-0.1, -0.05) is 25.5 Å². The Morgan fingerprint density at radius 1 is 1.42 bits per heavy atom. The number of nitrogens with two attached hydrogens (primary N) is 1. The van der Waals surface area contributed by atoms with E-state index >= 15 is 0 Å². The minimum Gasteiger partial charge on any atom is -0.326 e. The summed E-state index contributed by atoms with van der Waals surface area (Å²) in [7, 11) is 0. The van der Waals surface area contributed by atoms with Crippen molar-refractivity contribution in [3.05, 3.63) is 29.8 Å². The second-order valence-corrected chi connectivity index (χ2v) is 5.22. The summed E-state index contributed by atoms with van der Waals surface area (Å²) in [6.07, 6.45) is 3.54. The van der Waals surface area contributed by atoms with E-state index in [1.165, 1.54) is 12.8 Å². The highest BCUT2D eigenvalue weighted by Crippen LogP contribution is 2.21. The number of anilines is 1. The molecule has 3 N–H and O–H groups in total. The average molecular weight is 261 g/mol. The number of hydrogen-bond donors (Lipinski definition) is 2. The number of hydrogen-bond acceptors (Lipinski definition) is 2. The number of rotatable bonds is 4. The number of carbonyl (C=O) groups is 1. The van der Waals surface area contributed by atoms with Gasteiger partial charge in [-0.15, -0.1) is 0 Å². The largest absolute Gasteiger partial charge is 0.326 e. The fourth-order valence-electron chi connectivity index (χ4n) is 2.59. The molecule has 1 unspecified atom stereocenters. The van der Waals surface area contributed by atoms with Crippen LogP contribution in [0.3, 0.4) is 0 Å². The van der Waals surface area contributed by atoms with Crippen molar-refractivity contribution in [2.24, 2.45) is 11.7 Å². The number of carbonyl (C=O) groups excluding carboxylic acids is 1. The molecule has 4 nitrogen and oxygen atoms in total. The van der Waals surface area contributed by atoms with Gasteiger partial charge in [0.2, 0.25) is 0 Å². The Morgan fingerprint density at radius 3 is 2.79 bits per heavy atom. The van der Waals surface area contributed by atoms with Crippen LogP contribution in [-0.4, -0.2) is 24.0 Å². The molecule has 0 radical (unpaired) electrons. The number of likely N-dealkylation sites (tertiary alicyclic amines) is 1. The first-order valence-corrected chi connectivity index (χ1v) is 7.08. The summed E-state index contributed by atoms with van der Waals surface area (Å²) in [5.74, 6) is 0.676. The minimum atomic E-state index is 0.0131. The molecule has 1 aromatic rings. The SMILES string of the molecule is CCCC1CCN(C(=O)Nc2ccc(CN)cc2)C1. The fourth-order valence-corrected chi connectivity index (χ4v) is 2.59. The van der Waals surface area contributed by atoms with Crippen molar-refractivity contribution in [2.75, 3.05) is 18.4 Å². The lowest BCUT2D eigenvalue weighted by Crippen LogP contribution is -2.32. The van der Waals surface area contributed by atoms with Crippen LogP contribution in [-0.2, 0) is 6.54 Å². The summed E-state index contributed by atoms with van der Waals surface area (Å²) in [6, 6.07) is 7.71. The zero-order chi connectivity index (χ0) is 13.7. The van der Waals surface area contributed by atoms with Gasteiger partial charge in [-0.25, -0.2) is 4.79 Å². The molecule has 19 heavy (non-hydrogen) atoms.